The summed E-state index contributed by atoms with van der Waals surface area (Å²) in [6.07, 6.45) is -4.81. The average Bonchev–Trinajstić information content (AvgIpc) is 3.17. The van der Waals surface area contributed by atoms with Gasteiger partial charge in [-0.05, 0) is 24.1 Å². The quantitative estimate of drug-likeness (QED) is 0.609. The molecule has 0 aliphatic rings. The van der Waals surface area contributed by atoms with Gasteiger partial charge in [-0.2, -0.15) is 0 Å². The van der Waals surface area contributed by atoms with E-state index in [1.165, 1.54) is 29.5 Å². The maximum absolute atomic E-state index is 12.5. The molecule has 2 aromatic rings. The number of nitrogens with zero attached hydrogens (tertiary/aromatic N) is 1. The van der Waals surface area contributed by atoms with Gasteiger partial charge in [-0.25, -0.2) is 0 Å². The van der Waals surface area contributed by atoms with E-state index in [-0.39, 0.29) is 36.9 Å². The number of halogens is 3. The molecule has 1 aromatic carbocycles. The zero-order valence-electron chi connectivity index (χ0n) is 15.8. The number of hydrogen-bond donors (Lipinski definition) is 2. The van der Waals surface area contributed by atoms with Gasteiger partial charge in [0.1, 0.15) is 5.75 Å². The first kappa shape index (κ1) is 22.7. The van der Waals surface area contributed by atoms with Crippen LogP contribution in [0.4, 0.5) is 13.2 Å². The van der Waals surface area contributed by atoms with E-state index in [2.05, 4.69) is 15.4 Å². The van der Waals surface area contributed by atoms with Crippen LogP contribution in [0.15, 0.2) is 41.8 Å². The van der Waals surface area contributed by atoms with Crippen LogP contribution < -0.4 is 15.4 Å². The van der Waals surface area contributed by atoms with Crippen molar-refractivity contribution in [2.45, 2.75) is 26.4 Å². The van der Waals surface area contributed by atoms with E-state index in [1.54, 1.807) is 11.0 Å². The molecule has 6 nitrogen and oxygen atoms in total. The standard InChI is InChI=1S/C19H22F3N3O3S/c1-2-25(13-18(27)24-11-15-7-5-9-29-15)12-17(26)23-10-14-6-3-4-8-16(14)28-19(20,21)22/h3-9H,2,10-13H2,1H3,(H,23,26)(H,24,27). The fraction of sp³-hybridized carbons (Fsp3) is 0.368. The number of carbonyl (C=O) groups is 2. The number of likely N-dealkylation sites (N-methyl/N-ethyl adjacent to an activating group) is 1. The second-order valence-electron chi connectivity index (χ2n) is 6.09. The number of hydrogen-bond acceptors (Lipinski definition) is 5. The highest BCUT2D eigenvalue weighted by Gasteiger charge is 2.32. The highest BCUT2D eigenvalue weighted by molar-refractivity contribution is 7.09. The summed E-state index contributed by atoms with van der Waals surface area (Å²) in [7, 11) is 0. The van der Waals surface area contributed by atoms with Crippen molar-refractivity contribution in [3.63, 3.8) is 0 Å². The SMILES string of the molecule is CCN(CC(=O)NCc1cccs1)CC(=O)NCc1ccccc1OC(F)(F)F. The molecule has 2 amide bonds. The number of ether oxygens (including phenoxy) is 1. The Hall–Kier alpha value is -2.59. The molecule has 0 bridgehead atoms. The molecule has 158 valence electrons. The molecule has 10 heteroatoms. The first-order valence-electron chi connectivity index (χ1n) is 8.88. The van der Waals surface area contributed by atoms with Crippen molar-refractivity contribution in [2.75, 3.05) is 19.6 Å². The molecule has 0 radical (unpaired) electrons. The van der Waals surface area contributed by atoms with Crippen molar-refractivity contribution in [2.24, 2.45) is 0 Å². The molecule has 1 heterocycles. The predicted octanol–water partition coefficient (Wildman–Crippen LogP) is 2.90. The maximum Gasteiger partial charge on any atom is 0.573 e. The van der Waals surface area contributed by atoms with E-state index in [1.807, 2.05) is 24.4 Å². The van der Waals surface area contributed by atoms with Gasteiger partial charge in [0.05, 0.1) is 19.6 Å². The normalized spacial score (nSPS) is 11.3. The summed E-state index contributed by atoms with van der Waals surface area (Å²) >= 11 is 1.54. The zero-order chi connectivity index (χ0) is 21.3. The zero-order valence-corrected chi connectivity index (χ0v) is 16.6. The molecule has 0 atom stereocenters. The summed E-state index contributed by atoms with van der Waals surface area (Å²) in [4.78, 5) is 26.9. The number of carbonyl (C=O) groups excluding carboxylic acids is 2. The van der Waals surface area contributed by atoms with Crippen molar-refractivity contribution in [1.29, 1.82) is 0 Å². The number of alkyl halides is 3. The minimum atomic E-state index is -4.81. The fourth-order valence-corrected chi connectivity index (χ4v) is 3.11. The van der Waals surface area contributed by atoms with Gasteiger partial charge in [0.25, 0.3) is 0 Å². The van der Waals surface area contributed by atoms with Crippen LogP contribution in [0.25, 0.3) is 0 Å². The van der Waals surface area contributed by atoms with Crippen LogP contribution in [0.5, 0.6) is 5.75 Å². The van der Waals surface area contributed by atoms with E-state index in [4.69, 9.17) is 0 Å². The van der Waals surface area contributed by atoms with E-state index < -0.39 is 12.3 Å². The summed E-state index contributed by atoms with van der Waals surface area (Å²) in [5, 5.41) is 7.26. The van der Waals surface area contributed by atoms with Gasteiger partial charge in [-0.15, -0.1) is 24.5 Å². The number of benzene rings is 1. The second kappa shape index (κ2) is 10.8. The number of thiophene rings is 1. The molecule has 0 saturated heterocycles. The van der Waals surface area contributed by atoms with Crippen molar-refractivity contribution in [3.8, 4) is 5.75 Å². The Kier molecular flexibility index (Phi) is 8.47. The predicted molar refractivity (Wildman–Crippen MR) is 103 cm³/mol. The molecule has 0 spiro atoms. The largest absolute Gasteiger partial charge is 0.573 e. The van der Waals surface area contributed by atoms with Gasteiger partial charge in [0.2, 0.25) is 11.8 Å². The third-order valence-electron chi connectivity index (χ3n) is 3.90. The first-order valence-corrected chi connectivity index (χ1v) is 9.76. The molecule has 0 unspecified atom stereocenters. The van der Waals surface area contributed by atoms with Gasteiger partial charge in [-0.1, -0.05) is 31.2 Å². The molecule has 2 N–H and O–H groups in total. The van der Waals surface area contributed by atoms with Crippen molar-refractivity contribution >= 4 is 23.2 Å². The molecular formula is C19H22F3N3O3S. The lowest BCUT2D eigenvalue weighted by Gasteiger charge is -2.19. The lowest BCUT2D eigenvalue weighted by molar-refractivity contribution is -0.274. The summed E-state index contributed by atoms with van der Waals surface area (Å²) in [5.41, 5.74) is 0.204. The Morgan fingerprint density at radius 2 is 1.69 bits per heavy atom. The van der Waals surface area contributed by atoms with Gasteiger partial charge < -0.3 is 15.4 Å². The lowest BCUT2D eigenvalue weighted by atomic mass is 10.2. The minimum Gasteiger partial charge on any atom is -0.405 e. The Balaban J connectivity index is 1.80. The lowest BCUT2D eigenvalue weighted by Crippen LogP contribution is -2.42. The Morgan fingerprint density at radius 3 is 2.28 bits per heavy atom. The number of nitrogens with one attached hydrogen (secondary N) is 2. The van der Waals surface area contributed by atoms with Crippen molar-refractivity contribution < 1.29 is 27.5 Å². The summed E-state index contributed by atoms with van der Waals surface area (Å²) < 4.78 is 41.3. The molecule has 1 aromatic heterocycles. The summed E-state index contributed by atoms with van der Waals surface area (Å²) in [6, 6.07) is 9.41. The highest BCUT2D eigenvalue weighted by Crippen LogP contribution is 2.26. The number of para-hydroxylation sites is 1. The highest BCUT2D eigenvalue weighted by atomic mass is 32.1. The van der Waals surface area contributed by atoms with Crippen LogP contribution in [0, 0.1) is 0 Å². The minimum absolute atomic E-state index is 0.0447. The van der Waals surface area contributed by atoms with Crippen LogP contribution in [-0.2, 0) is 22.7 Å². The number of amides is 2. The third-order valence-corrected chi connectivity index (χ3v) is 4.77. The Bertz CT molecular complexity index is 797. The monoisotopic (exact) mass is 429 g/mol. The second-order valence-corrected chi connectivity index (χ2v) is 7.12. The molecular weight excluding hydrogens is 407 g/mol. The third kappa shape index (κ3) is 8.53. The molecule has 29 heavy (non-hydrogen) atoms. The van der Waals surface area contributed by atoms with Crippen LogP contribution in [0.2, 0.25) is 0 Å². The van der Waals surface area contributed by atoms with E-state index >= 15 is 0 Å². The van der Waals surface area contributed by atoms with Crippen molar-refractivity contribution in [3.05, 3.63) is 52.2 Å². The molecule has 0 aliphatic heterocycles. The molecule has 0 fully saturated rings. The molecule has 0 aliphatic carbocycles. The van der Waals surface area contributed by atoms with Gasteiger partial charge in [0, 0.05) is 17.0 Å². The van der Waals surface area contributed by atoms with E-state index in [0.717, 1.165) is 4.88 Å². The van der Waals surface area contributed by atoms with Gasteiger partial charge >= 0.3 is 6.36 Å². The number of rotatable bonds is 10. The van der Waals surface area contributed by atoms with Crippen LogP contribution in [-0.4, -0.2) is 42.7 Å². The van der Waals surface area contributed by atoms with E-state index in [0.29, 0.717) is 13.1 Å². The van der Waals surface area contributed by atoms with Crippen LogP contribution in [0.1, 0.15) is 17.4 Å². The summed E-state index contributed by atoms with van der Waals surface area (Å²) in [5.74, 6) is -0.975. The van der Waals surface area contributed by atoms with Crippen LogP contribution in [0.3, 0.4) is 0 Å². The van der Waals surface area contributed by atoms with E-state index in [9.17, 15) is 22.8 Å². The topological polar surface area (TPSA) is 70.7 Å². The van der Waals surface area contributed by atoms with Gasteiger partial charge in [0.15, 0.2) is 0 Å². The van der Waals surface area contributed by atoms with Crippen molar-refractivity contribution in [1.82, 2.24) is 15.5 Å². The average molecular weight is 429 g/mol. The van der Waals surface area contributed by atoms with Crippen LogP contribution >= 0.6 is 11.3 Å². The fourth-order valence-electron chi connectivity index (χ4n) is 2.46. The Labute approximate surface area is 170 Å². The first-order chi connectivity index (χ1) is 13.8. The smallest absolute Gasteiger partial charge is 0.405 e. The molecule has 0 saturated carbocycles. The Morgan fingerprint density at radius 1 is 1.03 bits per heavy atom. The molecule has 2 rings (SSSR count). The summed E-state index contributed by atoms with van der Waals surface area (Å²) in [6.45, 7) is 2.58. The van der Waals surface area contributed by atoms with Gasteiger partial charge in [-0.3, -0.25) is 14.5 Å². The maximum atomic E-state index is 12.5.